The lowest BCUT2D eigenvalue weighted by Gasteiger charge is -2.06. The van der Waals surface area contributed by atoms with E-state index in [-0.39, 0.29) is 12.7 Å². The monoisotopic (exact) mass is 282 g/mol. The Morgan fingerprint density at radius 3 is 2.86 bits per heavy atom. The Kier molecular flexibility index (Phi) is 2.77. The highest BCUT2D eigenvalue weighted by atomic mass is 16.7. The van der Waals surface area contributed by atoms with Crippen molar-refractivity contribution in [3.8, 4) is 22.8 Å². The Labute approximate surface area is 121 Å². The van der Waals surface area contributed by atoms with Crippen molar-refractivity contribution < 1.29 is 14.3 Å². The van der Waals surface area contributed by atoms with Crippen molar-refractivity contribution in [2.24, 2.45) is 0 Å². The predicted molar refractivity (Wildman–Crippen MR) is 76.3 cm³/mol. The molecule has 1 aliphatic heterocycles. The Balaban J connectivity index is 1.64. The van der Waals surface area contributed by atoms with Gasteiger partial charge in [-0.2, -0.15) is 0 Å². The Morgan fingerprint density at radius 2 is 2.00 bits per heavy atom. The van der Waals surface area contributed by atoms with Crippen LogP contribution in [0.4, 0.5) is 0 Å². The third kappa shape index (κ3) is 2.42. The molecule has 5 heteroatoms. The lowest BCUT2D eigenvalue weighted by molar-refractivity contribution is 0.0951. The summed E-state index contributed by atoms with van der Waals surface area (Å²) in [6.45, 7) is 0.246. The first kappa shape index (κ1) is 12.2. The number of fused-ring (bicyclic) bond motifs is 1. The molecule has 1 amide bonds. The van der Waals surface area contributed by atoms with Crippen LogP contribution in [0.5, 0.6) is 11.5 Å². The van der Waals surface area contributed by atoms with Crippen LogP contribution in [-0.2, 0) is 0 Å². The second-order valence-corrected chi connectivity index (χ2v) is 5.25. The van der Waals surface area contributed by atoms with Crippen LogP contribution in [0.3, 0.4) is 0 Å². The molecule has 2 heterocycles. The van der Waals surface area contributed by atoms with E-state index in [4.69, 9.17) is 9.47 Å². The van der Waals surface area contributed by atoms with Gasteiger partial charge in [0.05, 0.1) is 5.69 Å². The van der Waals surface area contributed by atoms with Gasteiger partial charge >= 0.3 is 0 Å². The predicted octanol–water partition coefficient (Wildman–Crippen LogP) is 2.37. The van der Waals surface area contributed by atoms with Gasteiger partial charge in [0.15, 0.2) is 11.5 Å². The molecule has 0 unspecified atom stereocenters. The molecule has 1 N–H and O–H groups in total. The minimum atomic E-state index is -0.0399. The first-order valence-electron chi connectivity index (χ1n) is 6.96. The Morgan fingerprint density at radius 1 is 1.14 bits per heavy atom. The van der Waals surface area contributed by atoms with Crippen molar-refractivity contribution in [3.05, 3.63) is 42.1 Å². The van der Waals surface area contributed by atoms with Gasteiger partial charge in [-0.3, -0.25) is 9.78 Å². The maximum Gasteiger partial charge on any atom is 0.251 e. The van der Waals surface area contributed by atoms with E-state index < -0.39 is 0 Å². The van der Waals surface area contributed by atoms with Crippen molar-refractivity contribution in [2.45, 2.75) is 18.9 Å². The first-order valence-corrected chi connectivity index (χ1v) is 6.96. The zero-order valence-corrected chi connectivity index (χ0v) is 11.3. The maximum atomic E-state index is 12.1. The van der Waals surface area contributed by atoms with Crippen molar-refractivity contribution in [3.63, 3.8) is 0 Å². The van der Waals surface area contributed by atoms with Crippen molar-refractivity contribution in [1.82, 2.24) is 10.3 Å². The van der Waals surface area contributed by atoms with Gasteiger partial charge in [0, 0.05) is 23.4 Å². The number of nitrogens with one attached hydrogen (secondary N) is 1. The van der Waals surface area contributed by atoms with Crippen LogP contribution < -0.4 is 14.8 Å². The van der Waals surface area contributed by atoms with E-state index in [9.17, 15) is 4.79 Å². The molecule has 2 aromatic rings. The summed E-state index contributed by atoms with van der Waals surface area (Å²) in [5, 5.41) is 2.98. The fourth-order valence-corrected chi connectivity index (χ4v) is 2.28. The average molecular weight is 282 g/mol. The molecule has 4 rings (SSSR count). The third-order valence-corrected chi connectivity index (χ3v) is 3.60. The molecule has 1 aromatic heterocycles. The largest absolute Gasteiger partial charge is 0.454 e. The quantitative estimate of drug-likeness (QED) is 0.939. The second kappa shape index (κ2) is 4.77. The number of ether oxygens (including phenoxy) is 2. The number of hydrogen-bond acceptors (Lipinski definition) is 4. The zero-order chi connectivity index (χ0) is 14.2. The van der Waals surface area contributed by atoms with E-state index in [0.717, 1.165) is 29.8 Å². The van der Waals surface area contributed by atoms with Crippen LogP contribution in [0.15, 0.2) is 36.5 Å². The summed E-state index contributed by atoms with van der Waals surface area (Å²) in [5.74, 6) is 1.41. The highest BCUT2D eigenvalue weighted by Gasteiger charge is 2.24. The van der Waals surface area contributed by atoms with Crippen LogP contribution >= 0.6 is 0 Å². The van der Waals surface area contributed by atoms with E-state index in [1.165, 1.54) is 0 Å². The van der Waals surface area contributed by atoms with E-state index in [2.05, 4.69) is 10.3 Å². The van der Waals surface area contributed by atoms with Gasteiger partial charge in [0.2, 0.25) is 6.79 Å². The van der Waals surface area contributed by atoms with Crippen LogP contribution in [-0.4, -0.2) is 23.7 Å². The van der Waals surface area contributed by atoms with Gasteiger partial charge < -0.3 is 14.8 Å². The summed E-state index contributed by atoms with van der Waals surface area (Å²) in [6, 6.07) is 9.53. The maximum absolute atomic E-state index is 12.1. The highest BCUT2D eigenvalue weighted by molar-refractivity contribution is 5.95. The number of rotatable bonds is 3. The van der Waals surface area contributed by atoms with Crippen molar-refractivity contribution >= 4 is 5.91 Å². The molecule has 1 saturated carbocycles. The molecule has 106 valence electrons. The average Bonchev–Trinajstić information content (AvgIpc) is 3.20. The molecular formula is C16H14N2O3. The van der Waals surface area contributed by atoms with Gasteiger partial charge in [-0.05, 0) is 43.2 Å². The Bertz CT molecular complexity index is 710. The highest BCUT2D eigenvalue weighted by Crippen LogP contribution is 2.35. The summed E-state index contributed by atoms with van der Waals surface area (Å²) in [5.41, 5.74) is 2.28. The molecule has 0 atom stereocenters. The fraction of sp³-hybridized carbons (Fsp3) is 0.250. The molecule has 0 bridgehead atoms. The fourth-order valence-electron chi connectivity index (χ4n) is 2.28. The lowest BCUT2D eigenvalue weighted by Crippen LogP contribution is -2.25. The normalized spacial score (nSPS) is 15.8. The molecule has 0 spiro atoms. The van der Waals surface area contributed by atoms with Gasteiger partial charge in [0.25, 0.3) is 5.91 Å². The number of nitrogens with zero attached hydrogens (tertiary/aromatic N) is 1. The molecule has 0 radical (unpaired) electrons. The van der Waals surface area contributed by atoms with Crippen LogP contribution in [0.1, 0.15) is 23.2 Å². The van der Waals surface area contributed by atoms with Crippen LogP contribution in [0.2, 0.25) is 0 Å². The number of aromatic nitrogens is 1. The van der Waals surface area contributed by atoms with Crippen molar-refractivity contribution in [2.75, 3.05) is 6.79 Å². The van der Waals surface area contributed by atoms with Gasteiger partial charge in [-0.1, -0.05) is 0 Å². The minimum absolute atomic E-state index is 0.0399. The van der Waals surface area contributed by atoms with Gasteiger partial charge in [-0.15, -0.1) is 0 Å². The van der Waals surface area contributed by atoms with E-state index in [1.807, 2.05) is 18.2 Å². The number of hydrogen-bond donors (Lipinski definition) is 1. The van der Waals surface area contributed by atoms with E-state index >= 15 is 0 Å². The molecular weight excluding hydrogens is 268 g/mol. The van der Waals surface area contributed by atoms with E-state index in [0.29, 0.717) is 17.4 Å². The summed E-state index contributed by atoms with van der Waals surface area (Å²) in [4.78, 5) is 16.4. The molecule has 5 nitrogen and oxygen atoms in total. The molecule has 1 aliphatic carbocycles. The second-order valence-electron chi connectivity index (χ2n) is 5.25. The summed E-state index contributed by atoms with van der Waals surface area (Å²) >= 11 is 0. The van der Waals surface area contributed by atoms with Crippen LogP contribution in [0, 0.1) is 0 Å². The number of carbonyl (C=O) groups excluding carboxylic acids is 1. The SMILES string of the molecule is O=C(NC1CC1)c1ccnc(-c2ccc3c(c2)OCO3)c1. The van der Waals surface area contributed by atoms with Gasteiger partial charge in [0.1, 0.15) is 0 Å². The number of carbonyl (C=O) groups is 1. The smallest absolute Gasteiger partial charge is 0.251 e. The molecule has 1 fully saturated rings. The third-order valence-electron chi connectivity index (χ3n) is 3.60. The molecule has 21 heavy (non-hydrogen) atoms. The summed E-state index contributed by atoms with van der Waals surface area (Å²) in [6.07, 6.45) is 3.80. The summed E-state index contributed by atoms with van der Waals surface area (Å²) < 4.78 is 10.7. The molecule has 0 saturated heterocycles. The first-order chi connectivity index (χ1) is 10.3. The molecule has 2 aliphatic rings. The standard InChI is InChI=1S/C16H14N2O3/c19-16(18-12-2-3-12)11-5-6-17-13(7-11)10-1-4-14-15(8-10)21-9-20-14/h1,4-8,12H,2-3,9H2,(H,18,19). The topological polar surface area (TPSA) is 60.5 Å². The number of amides is 1. The number of pyridine rings is 1. The lowest BCUT2D eigenvalue weighted by atomic mass is 10.1. The zero-order valence-electron chi connectivity index (χ0n) is 11.3. The van der Waals surface area contributed by atoms with E-state index in [1.54, 1.807) is 18.3 Å². The van der Waals surface area contributed by atoms with Gasteiger partial charge in [-0.25, -0.2) is 0 Å². The number of benzene rings is 1. The van der Waals surface area contributed by atoms with Crippen LogP contribution in [0.25, 0.3) is 11.3 Å². The minimum Gasteiger partial charge on any atom is -0.454 e. The van der Waals surface area contributed by atoms with Crippen molar-refractivity contribution in [1.29, 1.82) is 0 Å². The Hall–Kier alpha value is -2.56. The molecule has 1 aromatic carbocycles. The summed E-state index contributed by atoms with van der Waals surface area (Å²) in [7, 11) is 0.